The second-order valence-electron chi connectivity index (χ2n) is 7.84. The molecule has 0 saturated carbocycles. The molecule has 0 N–H and O–H groups in total. The van der Waals surface area contributed by atoms with E-state index in [-0.39, 0.29) is 0 Å². The summed E-state index contributed by atoms with van der Waals surface area (Å²) in [6, 6.07) is 16.1. The zero-order valence-electron chi connectivity index (χ0n) is 19.5. The van der Waals surface area contributed by atoms with Crippen molar-refractivity contribution in [2.24, 2.45) is 4.99 Å². The van der Waals surface area contributed by atoms with Gasteiger partial charge in [0.1, 0.15) is 5.76 Å². The van der Waals surface area contributed by atoms with Crippen molar-refractivity contribution in [2.45, 2.75) is 26.3 Å². The predicted octanol–water partition coefficient (Wildman–Crippen LogP) is 6.24. The first-order valence-corrected chi connectivity index (χ1v) is 11.6. The van der Waals surface area contributed by atoms with Crippen LogP contribution in [-0.2, 0) is 6.54 Å². The maximum atomic E-state index is 5.64. The molecule has 0 aliphatic heterocycles. The molecule has 0 spiro atoms. The zero-order chi connectivity index (χ0) is 23.4. The van der Waals surface area contributed by atoms with E-state index in [1.54, 1.807) is 38.9 Å². The Kier molecular flexibility index (Phi) is 6.89. The summed E-state index contributed by atoms with van der Waals surface area (Å²) in [5.41, 5.74) is 4.12. The number of aromatic nitrogens is 1. The van der Waals surface area contributed by atoms with Crippen LogP contribution in [0.1, 0.15) is 31.1 Å². The second-order valence-corrected chi connectivity index (χ2v) is 8.68. The highest BCUT2D eigenvalue weighted by Gasteiger charge is 2.17. The van der Waals surface area contributed by atoms with Crippen LogP contribution in [0.3, 0.4) is 0 Å². The number of rotatable bonds is 8. The molecule has 2 aromatic heterocycles. The summed E-state index contributed by atoms with van der Waals surface area (Å²) in [6.45, 7) is 4.92. The van der Waals surface area contributed by atoms with Crippen LogP contribution in [-0.4, -0.2) is 25.9 Å². The van der Waals surface area contributed by atoms with Crippen LogP contribution in [0.5, 0.6) is 17.2 Å². The average molecular weight is 465 g/mol. The smallest absolute Gasteiger partial charge is 0.203 e. The van der Waals surface area contributed by atoms with Crippen molar-refractivity contribution in [3.05, 3.63) is 76.3 Å². The van der Waals surface area contributed by atoms with Crippen molar-refractivity contribution in [2.75, 3.05) is 21.3 Å². The molecule has 0 atom stereocenters. The highest BCUT2D eigenvalue weighted by molar-refractivity contribution is 7.07. The Morgan fingerprint density at radius 2 is 1.67 bits per heavy atom. The molecular weight excluding hydrogens is 436 g/mol. The van der Waals surface area contributed by atoms with E-state index in [1.807, 2.05) is 24.3 Å². The third kappa shape index (κ3) is 4.83. The Balaban J connectivity index is 1.85. The average Bonchev–Trinajstić information content (AvgIpc) is 3.49. The van der Waals surface area contributed by atoms with E-state index in [0.717, 1.165) is 27.5 Å². The van der Waals surface area contributed by atoms with Crippen molar-refractivity contribution < 1.29 is 18.6 Å². The molecule has 0 bridgehead atoms. The van der Waals surface area contributed by atoms with Gasteiger partial charge in [0.25, 0.3) is 0 Å². The molecule has 0 unspecified atom stereocenters. The van der Waals surface area contributed by atoms with Crippen LogP contribution in [0.2, 0.25) is 0 Å². The Hall–Kier alpha value is -3.45. The SMILES string of the molecule is COc1cc(-c2csc(=Nc3ccc(C(C)C)cc3)n2Cc2ccco2)cc(OC)c1OC. The molecule has 4 rings (SSSR count). The van der Waals surface area contributed by atoms with Gasteiger partial charge < -0.3 is 23.2 Å². The number of furan rings is 1. The van der Waals surface area contributed by atoms with Gasteiger partial charge in [0, 0.05) is 10.9 Å². The van der Waals surface area contributed by atoms with E-state index in [1.165, 1.54) is 5.56 Å². The number of hydrogen-bond donors (Lipinski definition) is 0. The molecule has 0 fully saturated rings. The number of benzene rings is 2. The molecular formula is C26H28N2O4S. The quantitative estimate of drug-likeness (QED) is 0.310. The van der Waals surface area contributed by atoms with Gasteiger partial charge in [-0.3, -0.25) is 0 Å². The lowest BCUT2D eigenvalue weighted by molar-refractivity contribution is 0.324. The molecule has 0 aliphatic carbocycles. The van der Waals surface area contributed by atoms with Crippen molar-refractivity contribution in [3.63, 3.8) is 0 Å². The Morgan fingerprint density at radius 3 is 2.21 bits per heavy atom. The van der Waals surface area contributed by atoms with Gasteiger partial charge in [-0.1, -0.05) is 26.0 Å². The molecule has 0 aliphatic rings. The maximum absolute atomic E-state index is 5.64. The Morgan fingerprint density at radius 1 is 0.970 bits per heavy atom. The fourth-order valence-corrected chi connectivity index (χ4v) is 4.56. The molecule has 2 heterocycles. The molecule has 2 aromatic carbocycles. The van der Waals surface area contributed by atoms with Crippen LogP contribution >= 0.6 is 11.3 Å². The maximum Gasteiger partial charge on any atom is 0.203 e. The first kappa shape index (κ1) is 22.7. The number of methoxy groups -OCH3 is 3. The number of nitrogens with zero attached hydrogens (tertiary/aromatic N) is 2. The molecule has 7 heteroatoms. The summed E-state index contributed by atoms with van der Waals surface area (Å²) in [5.74, 6) is 3.09. The van der Waals surface area contributed by atoms with Crippen molar-refractivity contribution in [1.29, 1.82) is 0 Å². The van der Waals surface area contributed by atoms with Gasteiger partial charge >= 0.3 is 0 Å². The number of thiazole rings is 1. The molecule has 33 heavy (non-hydrogen) atoms. The van der Waals surface area contributed by atoms with Gasteiger partial charge in [-0.25, -0.2) is 4.99 Å². The summed E-state index contributed by atoms with van der Waals surface area (Å²) in [5, 5.41) is 2.09. The Bertz CT molecular complexity index is 1240. The fourth-order valence-electron chi connectivity index (χ4n) is 3.63. The summed E-state index contributed by atoms with van der Waals surface area (Å²) in [6.07, 6.45) is 1.68. The topological polar surface area (TPSA) is 58.1 Å². The standard InChI is InChI=1S/C26H28N2O4S/c1-17(2)18-8-10-20(11-9-18)27-26-28(15-21-7-6-12-32-21)22(16-33-26)19-13-23(29-3)25(31-5)24(14-19)30-4/h6-14,16-17H,15H2,1-5H3. The Labute approximate surface area is 197 Å². The predicted molar refractivity (Wildman–Crippen MR) is 131 cm³/mol. The van der Waals surface area contributed by atoms with Crippen LogP contribution < -0.4 is 19.0 Å². The monoisotopic (exact) mass is 464 g/mol. The molecule has 0 radical (unpaired) electrons. The largest absolute Gasteiger partial charge is 0.493 e. The molecule has 4 aromatic rings. The number of ether oxygens (including phenoxy) is 3. The fraction of sp³-hybridized carbons (Fsp3) is 0.269. The van der Waals surface area contributed by atoms with Gasteiger partial charge in [0.2, 0.25) is 5.75 Å². The lowest BCUT2D eigenvalue weighted by Crippen LogP contribution is -2.16. The van der Waals surface area contributed by atoms with Gasteiger partial charge in [-0.2, -0.15) is 0 Å². The molecule has 172 valence electrons. The zero-order valence-corrected chi connectivity index (χ0v) is 20.3. The van der Waals surface area contributed by atoms with Crippen LogP contribution in [0.15, 0.2) is 69.6 Å². The minimum Gasteiger partial charge on any atom is -0.493 e. The van der Waals surface area contributed by atoms with E-state index in [4.69, 9.17) is 23.6 Å². The lowest BCUT2D eigenvalue weighted by Gasteiger charge is -2.15. The summed E-state index contributed by atoms with van der Waals surface area (Å²) in [4.78, 5) is 5.81. The third-order valence-corrected chi connectivity index (χ3v) is 6.30. The van der Waals surface area contributed by atoms with Gasteiger partial charge in [0.05, 0.1) is 45.5 Å². The number of hydrogen-bond acceptors (Lipinski definition) is 6. The minimum absolute atomic E-state index is 0.483. The van der Waals surface area contributed by atoms with E-state index < -0.39 is 0 Å². The molecule has 0 amide bonds. The van der Waals surface area contributed by atoms with E-state index in [9.17, 15) is 0 Å². The van der Waals surface area contributed by atoms with Gasteiger partial charge in [-0.05, 0) is 47.9 Å². The summed E-state index contributed by atoms with van der Waals surface area (Å²) >= 11 is 1.58. The van der Waals surface area contributed by atoms with Crippen molar-refractivity contribution in [1.82, 2.24) is 4.57 Å². The highest BCUT2D eigenvalue weighted by atomic mass is 32.1. The van der Waals surface area contributed by atoms with Crippen molar-refractivity contribution >= 4 is 17.0 Å². The van der Waals surface area contributed by atoms with E-state index >= 15 is 0 Å². The van der Waals surface area contributed by atoms with E-state index in [2.05, 4.69) is 48.1 Å². The minimum atomic E-state index is 0.483. The second kappa shape index (κ2) is 10.0. The van der Waals surface area contributed by atoms with Crippen LogP contribution in [0.25, 0.3) is 11.3 Å². The first-order chi connectivity index (χ1) is 16.0. The summed E-state index contributed by atoms with van der Waals surface area (Å²) < 4.78 is 24.4. The van der Waals surface area contributed by atoms with Crippen LogP contribution in [0.4, 0.5) is 5.69 Å². The van der Waals surface area contributed by atoms with E-state index in [0.29, 0.717) is 29.7 Å². The normalized spacial score (nSPS) is 11.8. The summed E-state index contributed by atoms with van der Waals surface area (Å²) in [7, 11) is 4.84. The molecule has 6 nitrogen and oxygen atoms in total. The van der Waals surface area contributed by atoms with Crippen LogP contribution in [0, 0.1) is 0 Å². The first-order valence-electron chi connectivity index (χ1n) is 10.7. The lowest BCUT2D eigenvalue weighted by atomic mass is 10.0. The van der Waals surface area contributed by atoms with Gasteiger partial charge in [-0.15, -0.1) is 11.3 Å². The van der Waals surface area contributed by atoms with Gasteiger partial charge in [0.15, 0.2) is 16.3 Å². The van der Waals surface area contributed by atoms with Crippen molar-refractivity contribution in [3.8, 4) is 28.5 Å². The molecule has 0 saturated heterocycles. The third-order valence-electron chi connectivity index (χ3n) is 5.44. The highest BCUT2D eigenvalue weighted by Crippen LogP contribution is 2.41.